The van der Waals surface area contributed by atoms with Crippen LogP contribution in [0.25, 0.3) is 0 Å². The highest BCUT2D eigenvalue weighted by Crippen LogP contribution is 2.33. The number of nitrogens with one attached hydrogen (secondary N) is 1. The third-order valence-corrected chi connectivity index (χ3v) is 4.24. The van der Waals surface area contributed by atoms with Crippen molar-refractivity contribution in [3.05, 3.63) is 22.2 Å². The molecule has 116 valence electrons. The van der Waals surface area contributed by atoms with E-state index >= 15 is 0 Å². The fraction of sp³-hybridized carbons (Fsp3) is 0.533. The number of benzene rings is 1. The van der Waals surface area contributed by atoms with Gasteiger partial charge in [-0.2, -0.15) is 0 Å². The predicted molar refractivity (Wildman–Crippen MR) is 89.0 cm³/mol. The Hall–Kier alpha value is -0.970. The maximum absolute atomic E-state index is 12.0. The molecule has 0 aliphatic heterocycles. The Balaban J connectivity index is 1.86. The topological polar surface area (TPSA) is 58.4 Å². The molecule has 0 radical (unpaired) electrons. The summed E-state index contributed by atoms with van der Waals surface area (Å²) in [7, 11) is 0. The fourth-order valence-corrected chi connectivity index (χ4v) is 2.82. The Morgan fingerprint density at radius 1 is 1.38 bits per heavy atom. The first-order chi connectivity index (χ1) is 9.99. The van der Waals surface area contributed by atoms with Crippen molar-refractivity contribution in [1.82, 2.24) is 4.90 Å². The van der Waals surface area contributed by atoms with Gasteiger partial charge in [0.1, 0.15) is 0 Å². The summed E-state index contributed by atoms with van der Waals surface area (Å²) in [6.45, 7) is 4.93. The van der Waals surface area contributed by atoms with Gasteiger partial charge in [-0.05, 0) is 37.4 Å². The number of nitrogens with zero attached hydrogens (tertiary/aromatic N) is 1. The average Bonchev–Trinajstić information content (AvgIpc) is 3.22. The number of nitrogens with two attached hydrogens (primary N) is 1. The Morgan fingerprint density at radius 2 is 2.00 bits per heavy atom. The number of hydrogen-bond donors (Lipinski definition) is 2. The van der Waals surface area contributed by atoms with E-state index in [0.29, 0.717) is 27.8 Å². The molecule has 0 aromatic heterocycles. The smallest absolute Gasteiger partial charge is 0.225 e. The van der Waals surface area contributed by atoms with Crippen LogP contribution in [0.1, 0.15) is 26.2 Å². The van der Waals surface area contributed by atoms with E-state index in [4.69, 9.17) is 28.9 Å². The number of amides is 1. The number of anilines is 2. The maximum Gasteiger partial charge on any atom is 0.225 e. The molecule has 21 heavy (non-hydrogen) atoms. The lowest BCUT2D eigenvalue weighted by molar-refractivity contribution is -0.116. The number of carbonyl (C=O) groups excluding carboxylic acids is 1. The van der Waals surface area contributed by atoms with Gasteiger partial charge >= 0.3 is 0 Å². The molecule has 0 atom stereocenters. The minimum atomic E-state index is -0.0854. The summed E-state index contributed by atoms with van der Waals surface area (Å²) < 4.78 is 0. The quantitative estimate of drug-likeness (QED) is 0.751. The van der Waals surface area contributed by atoms with Crippen LogP contribution in [-0.4, -0.2) is 30.4 Å². The average molecular weight is 330 g/mol. The third-order valence-electron chi connectivity index (χ3n) is 3.64. The molecular weight excluding hydrogens is 309 g/mol. The zero-order valence-electron chi connectivity index (χ0n) is 12.2. The van der Waals surface area contributed by atoms with Gasteiger partial charge in [-0.25, -0.2) is 0 Å². The molecule has 1 fully saturated rings. The van der Waals surface area contributed by atoms with Crippen LogP contribution in [0.2, 0.25) is 10.0 Å². The van der Waals surface area contributed by atoms with Crippen molar-refractivity contribution in [3.8, 4) is 0 Å². The molecule has 1 saturated carbocycles. The zero-order valence-corrected chi connectivity index (χ0v) is 13.7. The first-order valence-electron chi connectivity index (χ1n) is 7.26. The van der Waals surface area contributed by atoms with Crippen molar-refractivity contribution in [2.75, 3.05) is 30.7 Å². The summed E-state index contributed by atoms with van der Waals surface area (Å²) in [5, 5.41) is 3.49. The maximum atomic E-state index is 12.0. The van der Waals surface area contributed by atoms with Gasteiger partial charge in [-0.1, -0.05) is 30.1 Å². The Labute approximate surface area is 135 Å². The molecule has 1 aliphatic carbocycles. The summed E-state index contributed by atoms with van der Waals surface area (Å²) in [4.78, 5) is 14.3. The molecule has 6 heteroatoms. The standard InChI is InChI=1S/C15H21Cl2N3O/c1-2-20(9-10-3-4-10)6-5-14(21)19-15-12(16)7-11(18)8-13(15)17/h7-8,10H,2-6,9,18H2,1H3,(H,19,21). The molecule has 1 amide bonds. The van der Waals surface area contributed by atoms with Crippen molar-refractivity contribution in [1.29, 1.82) is 0 Å². The van der Waals surface area contributed by atoms with Crippen molar-refractivity contribution >= 4 is 40.5 Å². The predicted octanol–water partition coefficient (Wildman–Crippen LogP) is 3.64. The van der Waals surface area contributed by atoms with Crippen LogP contribution in [0.5, 0.6) is 0 Å². The molecule has 3 N–H and O–H groups in total. The molecule has 1 aliphatic rings. The number of nitrogen functional groups attached to an aromatic ring is 1. The summed E-state index contributed by atoms with van der Waals surface area (Å²) in [5.74, 6) is 0.742. The summed E-state index contributed by atoms with van der Waals surface area (Å²) in [6, 6.07) is 3.16. The van der Waals surface area contributed by atoms with Gasteiger partial charge in [0, 0.05) is 25.2 Å². The normalized spacial score (nSPS) is 14.5. The highest BCUT2D eigenvalue weighted by Gasteiger charge is 2.23. The molecule has 4 nitrogen and oxygen atoms in total. The number of rotatable bonds is 7. The number of hydrogen-bond acceptors (Lipinski definition) is 3. The molecule has 1 aromatic rings. The molecule has 1 aromatic carbocycles. The Kier molecular flexibility index (Phi) is 5.73. The zero-order chi connectivity index (χ0) is 15.4. The summed E-state index contributed by atoms with van der Waals surface area (Å²) >= 11 is 12.1. The van der Waals surface area contributed by atoms with Gasteiger partial charge in [0.15, 0.2) is 0 Å². The van der Waals surface area contributed by atoms with Gasteiger partial charge < -0.3 is 16.0 Å². The first kappa shape index (κ1) is 16.4. The largest absolute Gasteiger partial charge is 0.399 e. The van der Waals surface area contributed by atoms with Crippen LogP contribution in [0, 0.1) is 5.92 Å². The van der Waals surface area contributed by atoms with E-state index in [2.05, 4.69) is 17.1 Å². The second kappa shape index (κ2) is 7.34. The monoisotopic (exact) mass is 329 g/mol. The van der Waals surface area contributed by atoms with Gasteiger partial charge in [0.05, 0.1) is 15.7 Å². The Morgan fingerprint density at radius 3 is 2.52 bits per heavy atom. The summed E-state index contributed by atoms with van der Waals surface area (Å²) in [5.41, 5.74) is 6.55. The molecule has 0 saturated heterocycles. The highest BCUT2D eigenvalue weighted by molar-refractivity contribution is 6.40. The Bertz CT molecular complexity index is 495. The fourth-order valence-electron chi connectivity index (χ4n) is 2.22. The van der Waals surface area contributed by atoms with E-state index in [1.165, 1.54) is 12.8 Å². The third kappa shape index (κ3) is 5.06. The lowest BCUT2D eigenvalue weighted by Gasteiger charge is -2.20. The van der Waals surface area contributed by atoms with Crippen molar-refractivity contribution in [2.45, 2.75) is 26.2 Å². The van der Waals surface area contributed by atoms with E-state index in [9.17, 15) is 4.79 Å². The molecule has 0 unspecified atom stereocenters. The van der Waals surface area contributed by atoms with Gasteiger partial charge in [0.2, 0.25) is 5.91 Å². The lowest BCUT2D eigenvalue weighted by Crippen LogP contribution is -2.29. The van der Waals surface area contributed by atoms with E-state index in [1.807, 2.05) is 0 Å². The minimum Gasteiger partial charge on any atom is -0.399 e. The number of halogens is 2. The van der Waals surface area contributed by atoms with Crippen molar-refractivity contribution in [2.24, 2.45) is 5.92 Å². The van der Waals surface area contributed by atoms with Crippen molar-refractivity contribution in [3.63, 3.8) is 0 Å². The SMILES string of the molecule is CCN(CCC(=O)Nc1c(Cl)cc(N)cc1Cl)CC1CC1. The second-order valence-corrected chi connectivity index (χ2v) is 6.31. The molecule has 2 rings (SSSR count). The second-order valence-electron chi connectivity index (χ2n) is 5.49. The van der Waals surface area contributed by atoms with Crippen LogP contribution in [-0.2, 0) is 4.79 Å². The van der Waals surface area contributed by atoms with Gasteiger partial charge in [-0.15, -0.1) is 0 Å². The molecule has 0 heterocycles. The highest BCUT2D eigenvalue weighted by atomic mass is 35.5. The number of carbonyl (C=O) groups is 1. The van der Waals surface area contributed by atoms with Crippen LogP contribution in [0.3, 0.4) is 0 Å². The lowest BCUT2D eigenvalue weighted by atomic mass is 10.2. The van der Waals surface area contributed by atoms with E-state index < -0.39 is 0 Å². The molecule has 0 bridgehead atoms. The minimum absolute atomic E-state index is 0.0854. The van der Waals surface area contributed by atoms with Gasteiger partial charge in [0.25, 0.3) is 0 Å². The van der Waals surface area contributed by atoms with E-state index in [1.54, 1.807) is 12.1 Å². The molecule has 0 spiro atoms. The van der Waals surface area contributed by atoms with Crippen LogP contribution in [0.4, 0.5) is 11.4 Å². The van der Waals surface area contributed by atoms with Crippen LogP contribution >= 0.6 is 23.2 Å². The summed E-state index contributed by atoms with van der Waals surface area (Å²) in [6.07, 6.45) is 3.07. The van der Waals surface area contributed by atoms with Crippen molar-refractivity contribution < 1.29 is 4.79 Å². The van der Waals surface area contributed by atoms with E-state index in [0.717, 1.165) is 25.6 Å². The molecular formula is C15H21Cl2N3O. The first-order valence-corrected chi connectivity index (χ1v) is 8.02. The van der Waals surface area contributed by atoms with Gasteiger partial charge in [-0.3, -0.25) is 4.79 Å². The van der Waals surface area contributed by atoms with Crippen LogP contribution < -0.4 is 11.1 Å². The van der Waals surface area contributed by atoms with Crippen LogP contribution in [0.15, 0.2) is 12.1 Å². The van der Waals surface area contributed by atoms with E-state index in [-0.39, 0.29) is 5.91 Å².